The molecule has 3 rings (SSSR count). The lowest BCUT2D eigenvalue weighted by Gasteiger charge is -2.14. The molecule has 1 fully saturated rings. The van der Waals surface area contributed by atoms with Crippen LogP contribution < -0.4 is 10.1 Å². The molecule has 0 bridgehead atoms. The van der Waals surface area contributed by atoms with Gasteiger partial charge in [-0.05, 0) is 36.6 Å². The Labute approximate surface area is 142 Å². The summed E-state index contributed by atoms with van der Waals surface area (Å²) in [6.45, 7) is 3.12. The Bertz CT molecular complexity index is 609. The van der Waals surface area contributed by atoms with Gasteiger partial charge in [0.05, 0.1) is 6.10 Å². The van der Waals surface area contributed by atoms with Crippen molar-refractivity contribution in [2.24, 2.45) is 0 Å². The lowest BCUT2D eigenvalue weighted by molar-refractivity contribution is 0.110. The van der Waals surface area contributed by atoms with Gasteiger partial charge in [-0.25, -0.2) is 0 Å². The molecule has 1 atom stereocenters. The fourth-order valence-corrected chi connectivity index (χ4v) is 2.83. The third kappa shape index (κ3) is 4.96. The molecule has 0 aliphatic carbocycles. The number of hydrogen-bond donors (Lipinski definition) is 1. The summed E-state index contributed by atoms with van der Waals surface area (Å²) in [5.74, 6) is 0.919. The van der Waals surface area contributed by atoms with E-state index in [4.69, 9.17) is 21.1 Å². The predicted octanol–water partition coefficient (Wildman–Crippen LogP) is 4.19. The van der Waals surface area contributed by atoms with Gasteiger partial charge < -0.3 is 14.8 Å². The van der Waals surface area contributed by atoms with Gasteiger partial charge in [0, 0.05) is 30.3 Å². The molecule has 2 aromatic rings. The van der Waals surface area contributed by atoms with Crippen molar-refractivity contribution in [3.63, 3.8) is 0 Å². The third-order valence-electron chi connectivity index (χ3n) is 3.99. The smallest absolute Gasteiger partial charge is 0.124 e. The summed E-state index contributed by atoms with van der Waals surface area (Å²) in [5.41, 5.74) is 2.27. The second-order valence-electron chi connectivity index (χ2n) is 5.79. The second-order valence-corrected chi connectivity index (χ2v) is 6.23. The van der Waals surface area contributed by atoms with E-state index in [9.17, 15) is 0 Å². The topological polar surface area (TPSA) is 30.5 Å². The number of benzene rings is 2. The van der Waals surface area contributed by atoms with E-state index in [1.807, 2.05) is 42.5 Å². The number of ether oxygens (including phenoxy) is 2. The van der Waals surface area contributed by atoms with Crippen molar-refractivity contribution in [2.75, 3.05) is 13.2 Å². The van der Waals surface area contributed by atoms with Crippen LogP contribution in [0.25, 0.3) is 0 Å². The molecule has 1 aliphatic rings. The number of halogens is 1. The molecule has 122 valence electrons. The highest BCUT2D eigenvalue weighted by molar-refractivity contribution is 6.30. The summed E-state index contributed by atoms with van der Waals surface area (Å²) in [5, 5.41) is 4.21. The summed E-state index contributed by atoms with van der Waals surface area (Å²) in [7, 11) is 0. The Hall–Kier alpha value is -1.55. The van der Waals surface area contributed by atoms with Crippen molar-refractivity contribution in [3.05, 3.63) is 64.7 Å². The van der Waals surface area contributed by atoms with Crippen LogP contribution in [0, 0.1) is 0 Å². The van der Waals surface area contributed by atoms with Gasteiger partial charge in [0.1, 0.15) is 12.4 Å². The number of hydrogen-bond acceptors (Lipinski definition) is 3. The molecule has 4 heteroatoms. The Morgan fingerprint density at radius 2 is 1.96 bits per heavy atom. The normalized spacial score (nSPS) is 17.3. The summed E-state index contributed by atoms with van der Waals surface area (Å²) < 4.78 is 11.6. The van der Waals surface area contributed by atoms with Crippen LogP contribution >= 0.6 is 11.6 Å². The van der Waals surface area contributed by atoms with E-state index < -0.39 is 0 Å². The second kappa shape index (κ2) is 8.34. The first-order valence-corrected chi connectivity index (χ1v) is 8.46. The Morgan fingerprint density at radius 1 is 1.13 bits per heavy atom. The molecular weight excluding hydrogens is 310 g/mol. The van der Waals surface area contributed by atoms with E-state index in [1.54, 1.807) is 0 Å². The first kappa shape index (κ1) is 16.3. The zero-order chi connectivity index (χ0) is 15.9. The first-order chi connectivity index (χ1) is 11.3. The fourth-order valence-electron chi connectivity index (χ4n) is 2.71. The highest BCUT2D eigenvalue weighted by Crippen LogP contribution is 2.20. The van der Waals surface area contributed by atoms with Crippen LogP contribution in [0.1, 0.15) is 24.0 Å². The van der Waals surface area contributed by atoms with Gasteiger partial charge in [0.25, 0.3) is 0 Å². The minimum Gasteiger partial charge on any atom is -0.489 e. The predicted molar refractivity (Wildman–Crippen MR) is 92.9 cm³/mol. The maximum Gasteiger partial charge on any atom is 0.124 e. The molecule has 2 aromatic carbocycles. The lowest BCUT2D eigenvalue weighted by atomic mass is 10.2. The molecule has 0 spiro atoms. The van der Waals surface area contributed by atoms with Crippen molar-refractivity contribution in [3.8, 4) is 5.75 Å². The van der Waals surface area contributed by atoms with E-state index in [1.165, 1.54) is 12.0 Å². The molecule has 0 amide bonds. The lowest BCUT2D eigenvalue weighted by Crippen LogP contribution is -2.25. The van der Waals surface area contributed by atoms with Crippen molar-refractivity contribution in [1.82, 2.24) is 5.32 Å². The van der Waals surface area contributed by atoms with Gasteiger partial charge in [-0.15, -0.1) is 0 Å². The van der Waals surface area contributed by atoms with Gasteiger partial charge >= 0.3 is 0 Å². The molecule has 0 saturated carbocycles. The molecule has 0 radical (unpaired) electrons. The molecular formula is C19H22ClNO2. The van der Waals surface area contributed by atoms with Crippen molar-refractivity contribution < 1.29 is 9.47 Å². The highest BCUT2D eigenvalue weighted by atomic mass is 35.5. The van der Waals surface area contributed by atoms with E-state index >= 15 is 0 Å². The van der Waals surface area contributed by atoms with Crippen molar-refractivity contribution in [1.29, 1.82) is 0 Å². The standard InChI is InChI=1S/C19H22ClNO2/c20-17-9-7-15(8-10-17)14-23-19-6-2-1-4-16(19)12-21-13-18-5-3-11-22-18/h1-2,4,6-10,18,21H,3,5,11-14H2/t18-/m1/s1. The first-order valence-electron chi connectivity index (χ1n) is 8.09. The largest absolute Gasteiger partial charge is 0.489 e. The van der Waals surface area contributed by atoms with Gasteiger partial charge in [-0.3, -0.25) is 0 Å². The number of rotatable bonds is 7. The van der Waals surface area contributed by atoms with Crippen LogP contribution in [0.5, 0.6) is 5.75 Å². The maximum atomic E-state index is 5.97. The maximum absolute atomic E-state index is 5.97. The summed E-state index contributed by atoms with van der Waals surface area (Å²) >= 11 is 5.91. The van der Waals surface area contributed by atoms with E-state index in [-0.39, 0.29) is 0 Å². The van der Waals surface area contributed by atoms with Gasteiger partial charge in [-0.1, -0.05) is 41.9 Å². The SMILES string of the molecule is Clc1ccc(COc2ccccc2CNC[C@H]2CCCO2)cc1. The van der Waals surface area contributed by atoms with Crippen LogP contribution in [0.15, 0.2) is 48.5 Å². The van der Waals surface area contributed by atoms with Crippen LogP contribution in [0.3, 0.4) is 0 Å². The minimum atomic E-state index is 0.358. The van der Waals surface area contributed by atoms with Gasteiger partial charge in [-0.2, -0.15) is 0 Å². The zero-order valence-electron chi connectivity index (χ0n) is 13.1. The number of para-hydroxylation sites is 1. The van der Waals surface area contributed by atoms with Gasteiger partial charge in [0.2, 0.25) is 0 Å². The molecule has 1 heterocycles. The average Bonchev–Trinajstić information content (AvgIpc) is 3.09. The van der Waals surface area contributed by atoms with Crippen molar-refractivity contribution in [2.45, 2.75) is 32.1 Å². The van der Waals surface area contributed by atoms with E-state index in [0.29, 0.717) is 12.7 Å². The summed E-state index contributed by atoms with van der Waals surface area (Å²) in [6.07, 6.45) is 2.69. The Morgan fingerprint density at radius 3 is 2.74 bits per heavy atom. The quantitative estimate of drug-likeness (QED) is 0.825. The minimum absolute atomic E-state index is 0.358. The average molecular weight is 332 g/mol. The Balaban J connectivity index is 1.53. The van der Waals surface area contributed by atoms with Crippen LogP contribution in [-0.2, 0) is 17.9 Å². The van der Waals surface area contributed by atoms with Crippen molar-refractivity contribution >= 4 is 11.6 Å². The molecule has 1 aliphatic heterocycles. The van der Waals surface area contributed by atoms with Gasteiger partial charge in [0.15, 0.2) is 0 Å². The molecule has 0 unspecified atom stereocenters. The summed E-state index contributed by atoms with van der Waals surface area (Å²) in [4.78, 5) is 0. The Kier molecular flexibility index (Phi) is 5.92. The monoisotopic (exact) mass is 331 g/mol. The molecule has 0 aromatic heterocycles. The van der Waals surface area contributed by atoms with E-state index in [0.717, 1.165) is 42.5 Å². The van der Waals surface area contributed by atoms with Crippen LogP contribution in [0.2, 0.25) is 5.02 Å². The molecule has 1 saturated heterocycles. The highest BCUT2D eigenvalue weighted by Gasteiger charge is 2.14. The third-order valence-corrected chi connectivity index (χ3v) is 4.24. The van der Waals surface area contributed by atoms with Crippen LogP contribution in [-0.4, -0.2) is 19.3 Å². The fraction of sp³-hybridized carbons (Fsp3) is 0.368. The molecule has 23 heavy (non-hydrogen) atoms. The molecule has 3 nitrogen and oxygen atoms in total. The molecule has 1 N–H and O–H groups in total. The zero-order valence-corrected chi connectivity index (χ0v) is 13.9. The van der Waals surface area contributed by atoms with Crippen LogP contribution in [0.4, 0.5) is 0 Å². The summed E-state index contributed by atoms with van der Waals surface area (Å²) in [6, 6.07) is 15.9. The number of nitrogens with one attached hydrogen (secondary N) is 1. The van der Waals surface area contributed by atoms with E-state index in [2.05, 4.69) is 11.4 Å².